The molecule has 0 atom stereocenters. The van der Waals surface area contributed by atoms with Gasteiger partial charge >= 0.3 is 0 Å². The van der Waals surface area contributed by atoms with Crippen molar-refractivity contribution in [3.63, 3.8) is 0 Å². The van der Waals surface area contributed by atoms with Gasteiger partial charge in [0, 0.05) is 52.4 Å². The van der Waals surface area contributed by atoms with Gasteiger partial charge < -0.3 is 21.7 Å². The van der Waals surface area contributed by atoms with Crippen LogP contribution in [0, 0.1) is 6.92 Å². The van der Waals surface area contributed by atoms with Crippen molar-refractivity contribution < 1.29 is 8.42 Å². The van der Waals surface area contributed by atoms with Gasteiger partial charge in [-0.3, -0.25) is 0 Å². The standard InChI is InChI=1S/C15H29N5O2S/c1-14-3-2-4-15(13-14)23(21,22)20-12-11-19-10-9-18-8-7-17-6-5-16/h2-4,13,17-20H,5-12,16H2,1H3. The van der Waals surface area contributed by atoms with E-state index in [0.717, 1.165) is 38.3 Å². The lowest BCUT2D eigenvalue weighted by molar-refractivity contribution is 0.566. The van der Waals surface area contributed by atoms with Crippen molar-refractivity contribution in [2.75, 3.05) is 52.4 Å². The van der Waals surface area contributed by atoms with Crippen molar-refractivity contribution in [1.29, 1.82) is 0 Å². The van der Waals surface area contributed by atoms with E-state index >= 15 is 0 Å². The van der Waals surface area contributed by atoms with Gasteiger partial charge in [-0.05, 0) is 24.6 Å². The molecule has 0 aromatic heterocycles. The molecule has 23 heavy (non-hydrogen) atoms. The fourth-order valence-corrected chi connectivity index (χ4v) is 3.11. The van der Waals surface area contributed by atoms with Gasteiger partial charge in [0.2, 0.25) is 10.0 Å². The van der Waals surface area contributed by atoms with Crippen molar-refractivity contribution in [1.82, 2.24) is 20.7 Å². The molecule has 0 heterocycles. The lowest BCUT2D eigenvalue weighted by Crippen LogP contribution is -2.37. The Balaban J connectivity index is 2.06. The van der Waals surface area contributed by atoms with Gasteiger partial charge in [0.1, 0.15) is 0 Å². The molecule has 132 valence electrons. The van der Waals surface area contributed by atoms with E-state index in [2.05, 4.69) is 20.7 Å². The fourth-order valence-electron chi connectivity index (χ4n) is 1.97. The molecular formula is C15H29N5O2S. The van der Waals surface area contributed by atoms with Crippen molar-refractivity contribution in [3.8, 4) is 0 Å². The molecule has 0 amide bonds. The van der Waals surface area contributed by atoms with E-state index in [9.17, 15) is 8.42 Å². The van der Waals surface area contributed by atoms with E-state index < -0.39 is 10.0 Å². The zero-order valence-electron chi connectivity index (χ0n) is 13.8. The lowest BCUT2D eigenvalue weighted by atomic mass is 10.2. The molecule has 1 rings (SSSR count). The highest BCUT2D eigenvalue weighted by atomic mass is 32.2. The van der Waals surface area contributed by atoms with Crippen LogP contribution >= 0.6 is 0 Å². The van der Waals surface area contributed by atoms with E-state index in [1.165, 1.54) is 0 Å². The summed E-state index contributed by atoms with van der Waals surface area (Å²) in [6.45, 7) is 7.75. The summed E-state index contributed by atoms with van der Waals surface area (Å²) in [5.74, 6) is 0. The van der Waals surface area contributed by atoms with Crippen molar-refractivity contribution in [3.05, 3.63) is 29.8 Å². The topological polar surface area (TPSA) is 108 Å². The lowest BCUT2D eigenvalue weighted by Gasteiger charge is -2.09. The number of hydrogen-bond donors (Lipinski definition) is 5. The number of nitrogens with one attached hydrogen (secondary N) is 4. The number of hydrogen-bond acceptors (Lipinski definition) is 6. The van der Waals surface area contributed by atoms with Crippen LogP contribution in [0.3, 0.4) is 0 Å². The van der Waals surface area contributed by atoms with Crippen LogP contribution in [0.15, 0.2) is 29.2 Å². The molecule has 1 aromatic carbocycles. The first-order chi connectivity index (χ1) is 11.1. The first-order valence-corrected chi connectivity index (χ1v) is 9.43. The molecule has 7 nitrogen and oxygen atoms in total. The SMILES string of the molecule is Cc1cccc(S(=O)(=O)NCCNCCNCCNCCN)c1. The number of benzene rings is 1. The summed E-state index contributed by atoms with van der Waals surface area (Å²) >= 11 is 0. The number of sulfonamides is 1. The molecular weight excluding hydrogens is 314 g/mol. The molecule has 0 unspecified atom stereocenters. The first kappa shape index (κ1) is 20.0. The number of rotatable bonds is 13. The fraction of sp³-hybridized carbons (Fsp3) is 0.600. The molecule has 6 N–H and O–H groups in total. The highest BCUT2D eigenvalue weighted by molar-refractivity contribution is 7.89. The van der Waals surface area contributed by atoms with E-state index in [-0.39, 0.29) is 0 Å². The predicted octanol–water partition coefficient (Wildman–Crippen LogP) is -0.999. The Hall–Kier alpha value is -1.03. The summed E-state index contributed by atoms with van der Waals surface area (Å²) in [7, 11) is -3.42. The van der Waals surface area contributed by atoms with Crippen molar-refractivity contribution >= 4 is 10.0 Å². The summed E-state index contributed by atoms with van der Waals surface area (Å²) in [6.07, 6.45) is 0. The van der Waals surface area contributed by atoms with Gasteiger partial charge in [-0.25, -0.2) is 13.1 Å². The molecule has 0 aliphatic rings. The third-order valence-corrected chi connectivity index (χ3v) is 4.63. The number of aryl methyl sites for hydroxylation is 1. The summed E-state index contributed by atoms with van der Waals surface area (Å²) in [6, 6.07) is 6.89. The molecule has 0 saturated carbocycles. The van der Waals surface area contributed by atoms with Crippen LogP contribution in [0.4, 0.5) is 0 Å². The maximum atomic E-state index is 12.1. The molecule has 0 radical (unpaired) electrons. The molecule has 0 spiro atoms. The smallest absolute Gasteiger partial charge is 0.240 e. The Morgan fingerprint density at radius 1 is 0.913 bits per heavy atom. The summed E-state index contributed by atoms with van der Waals surface area (Å²) in [5.41, 5.74) is 6.30. The highest BCUT2D eigenvalue weighted by Crippen LogP contribution is 2.09. The summed E-state index contributed by atoms with van der Waals surface area (Å²) in [4.78, 5) is 0.309. The monoisotopic (exact) mass is 343 g/mol. The second kappa shape index (κ2) is 11.5. The van der Waals surface area contributed by atoms with Crippen LogP contribution < -0.4 is 26.4 Å². The van der Waals surface area contributed by atoms with Crippen LogP contribution in [0.2, 0.25) is 0 Å². The van der Waals surface area contributed by atoms with Crippen LogP contribution in [0.5, 0.6) is 0 Å². The molecule has 0 aliphatic heterocycles. The average Bonchev–Trinajstić information content (AvgIpc) is 2.52. The minimum absolute atomic E-state index is 0.309. The van der Waals surface area contributed by atoms with Crippen LogP contribution in [-0.2, 0) is 10.0 Å². The Kier molecular flexibility index (Phi) is 10.0. The van der Waals surface area contributed by atoms with Crippen LogP contribution in [0.1, 0.15) is 5.56 Å². The maximum absolute atomic E-state index is 12.1. The van der Waals surface area contributed by atoms with E-state index in [1.54, 1.807) is 18.2 Å². The van der Waals surface area contributed by atoms with E-state index in [0.29, 0.717) is 24.5 Å². The quantitative estimate of drug-likeness (QED) is 0.294. The van der Waals surface area contributed by atoms with E-state index in [4.69, 9.17) is 5.73 Å². The third-order valence-electron chi connectivity index (χ3n) is 3.17. The Bertz CT molecular complexity index is 536. The minimum Gasteiger partial charge on any atom is -0.329 e. The average molecular weight is 343 g/mol. The van der Waals surface area contributed by atoms with Crippen LogP contribution in [-0.4, -0.2) is 60.8 Å². The summed E-state index contributed by atoms with van der Waals surface area (Å²) < 4.78 is 26.8. The molecule has 8 heteroatoms. The number of nitrogens with two attached hydrogens (primary N) is 1. The van der Waals surface area contributed by atoms with Gasteiger partial charge in [-0.15, -0.1) is 0 Å². The molecule has 0 bridgehead atoms. The van der Waals surface area contributed by atoms with Crippen molar-refractivity contribution in [2.45, 2.75) is 11.8 Å². The predicted molar refractivity (Wildman–Crippen MR) is 94.0 cm³/mol. The van der Waals surface area contributed by atoms with Gasteiger partial charge in [-0.1, -0.05) is 12.1 Å². The Morgan fingerprint density at radius 2 is 1.48 bits per heavy atom. The maximum Gasteiger partial charge on any atom is 0.240 e. The van der Waals surface area contributed by atoms with Crippen molar-refractivity contribution in [2.24, 2.45) is 5.73 Å². The molecule has 0 fully saturated rings. The first-order valence-electron chi connectivity index (χ1n) is 7.95. The van der Waals surface area contributed by atoms with Gasteiger partial charge in [-0.2, -0.15) is 0 Å². The highest BCUT2D eigenvalue weighted by Gasteiger charge is 2.12. The largest absolute Gasteiger partial charge is 0.329 e. The van der Waals surface area contributed by atoms with E-state index in [1.807, 2.05) is 13.0 Å². The van der Waals surface area contributed by atoms with Gasteiger partial charge in [0.25, 0.3) is 0 Å². The third kappa shape index (κ3) is 8.99. The molecule has 1 aromatic rings. The molecule has 0 aliphatic carbocycles. The van der Waals surface area contributed by atoms with Gasteiger partial charge in [0.15, 0.2) is 0 Å². The summed E-state index contributed by atoms with van der Waals surface area (Å²) in [5, 5.41) is 9.67. The zero-order chi connectivity index (χ0) is 17.0. The second-order valence-electron chi connectivity index (χ2n) is 5.25. The normalized spacial score (nSPS) is 11.7. The molecule has 0 saturated heterocycles. The zero-order valence-corrected chi connectivity index (χ0v) is 14.6. The Labute approximate surface area is 139 Å². The second-order valence-corrected chi connectivity index (χ2v) is 7.02. The van der Waals surface area contributed by atoms with Gasteiger partial charge in [0.05, 0.1) is 4.90 Å². The Morgan fingerprint density at radius 3 is 2.04 bits per heavy atom. The van der Waals surface area contributed by atoms with Crippen LogP contribution in [0.25, 0.3) is 0 Å². The minimum atomic E-state index is -3.42.